The molecule has 142 valence electrons. The van der Waals surface area contributed by atoms with Crippen LogP contribution < -0.4 is 15.5 Å². The van der Waals surface area contributed by atoms with Gasteiger partial charge in [0.25, 0.3) is 0 Å². The largest absolute Gasteiger partial charge is 0.356 e. The monoisotopic (exact) mass is 381 g/mol. The third-order valence-corrected chi connectivity index (χ3v) is 5.24. The van der Waals surface area contributed by atoms with Crippen molar-refractivity contribution in [1.82, 2.24) is 5.32 Å². The number of carbonyl (C=O) groups excluding carboxylic acids is 1. The zero-order valence-electron chi connectivity index (χ0n) is 16.2. The normalized spacial score (nSPS) is 14.9. The van der Waals surface area contributed by atoms with Crippen molar-refractivity contribution in [3.63, 3.8) is 0 Å². The summed E-state index contributed by atoms with van der Waals surface area (Å²) in [6, 6.07) is 14.6. The van der Waals surface area contributed by atoms with Crippen LogP contribution in [0.25, 0.3) is 0 Å². The number of benzene rings is 2. The maximum Gasteiger partial charge on any atom is 0.227 e. The van der Waals surface area contributed by atoms with Crippen LogP contribution >= 0.6 is 12.2 Å². The van der Waals surface area contributed by atoms with Gasteiger partial charge in [-0.2, -0.15) is 0 Å². The molecule has 2 aromatic carbocycles. The van der Waals surface area contributed by atoms with E-state index in [1.807, 2.05) is 29.2 Å². The summed E-state index contributed by atoms with van der Waals surface area (Å²) in [5, 5.41) is 7.28. The quantitative estimate of drug-likeness (QED) is 0.726. The predicted octanol–water partition coefficient (Wildman–Crippen LogP) is 4.87. The van der Waals surface area contributed by atoms with Crippen LogP contribution in [-0.4, -0.2) is 17.6 Å². The van der Waals surface area contributed by atoms with Crippen molar-refractivity contribution >= 4 is 34.6 Å². The number of carbonyl (C=O) groups is 1. The van der Waals surface area contributed by atoms with Gasteiger partial charge in [-0.1, -0.05) is 30.7 Å². The molecule has 0 radical (unpaired) electrons. The second-order valence-electron chi connectivity index (χ2n) is 7.12. The molecule has 27 heavy (non-hydrogen) atoms. The van der Waals surface area contributed by atoms with Crippen molar-refractivity contribution in [1.29, 1.82) is 0 Å². The molecule has 0 bridgehead atoms. The van der Waals surface area contributed by atoms with Gasteiger partial charge < -0.3 is 15.5 Å². The minimum Gasteiger partial charge on any atom is -0.356 e. The summed E-state index contributed by atoms with van der Waals surface area (Å²) >= 11 is 5.52. The number of hydrogen-bond donors (Lipinski definition) is 2. The second kappa shape index (κ2) is 8.53. The smallest absolute Gasteiger partial charge is 0.227 e. The van der Waals surface area contributed by atoms with Crippen LogP contribution in [0.4, 0.5) is 11.4 Å². The zero-order chi connectivity index (χ0) is 19.4. The van der Waals surface area contributed by atoms with E-state index >= 15 is 0 Å². The molecule has 1 atom stereocenters. The highest BCUT2D eigenvalue weighted by Crippen LogP contribution is 2.24. The Balaban J connectivity index is 1.63. The Kier molecular flexibility index (Phi) is 6.11. The molecular weight excluding hydrogens is 354 g/mol. The Morgan fingerprint density at radius 1 is 1.19 bits per heavy atom. The molecule has 1 aliphatic rings. The number of nitrogens with one attached hydrogen (secondary N) is 2. The Bertz CT molecular complexity index is 832. The van der Waals surface area contributed by atoms with Crippen LogP contribution in [0.5, 0.6) is 0 Å². The van der Waals surface area contributed by atoms with Crippen LogP contribution in [0.15, 0.2) is 42.5 Å². The molecule has 0 spiro atoms. The third-order valence-electron chi connectivity index (χ3n) is 5.02. The molecular formula is C22H27N3OS. The molecule has 0 saturated carbocycles. The minimum atomic E-state index is 0.173. The van der Waals surface area contributed by atoms with Gasteiger partial charge in [-0.3, -0.25) is 4.79 Å². The van der Waals surface area contributed by atoms with Crippen molar-refractivity contribution in [2.45, 2.75) is 46.1 Å². The van der Waals surface area contributed by atoms with E-state index in [1.165, 1.54) is 16.7 Å². The highest BCUT2D eigenvalue weighted by molar-refractivity contribution is 7.80. The number of amides is 1. The van der Waals surface area contributed by atoms with Crippen molar-refractivity contribution < 1.29 is 4.79 Å². The topological polar surface area (TPSA) is 44.4 Å². The predicted molar refractivity (Wildman–Crippen MR) is 116 cm³/mol. The maximum absolute atomic E-state index is 11.9. The minimum absolute atomic E-state index is 0.173. The van der Waals surface area contributed by atoms with Gasteiger partial charge in [0.2, 0.25) is 5.91 Å². The number of nitrogens with zero attached hydrogens (tertiary/aromatic N) is 1. The number of hydrogen-bond acceptors (Lipinski definition) is 2. The van der Waals surface area contributed by atoms with E-state index in [1.54, 1.807) is 0 Å². The average Bonchev–Trinajstić information content (AvgIpc) is 3.07. The zero-order valence-corrected chi connectivity index (χ0v) is 17.0. The van der Waals surface area contributed by atoms with E-state index in [9.17, 15) is 4.79 Å². The average molecular weight is 382 g/mol. The van der Waals surface area contributed by atoms with Crippen molar-refractivity contribution in [3.05, 3.63) is 59.2 Å². The van der Waals surface area contributed by atoms with Crippen LogP contribution in [0.1, 0.15) is 48.9 Å². The SMILES string of the molecule is CC[C@@H](NC(=S)Nc1ccc(N2CCCC2=O)cc1)c1ccc(C)cc1C. The molecule has 0 unspecified atom stereocenters. The molecule has 4 nitrogen and oxygen atoms in total. The molecule has 0 aromatic heterocycles. The van der Waals surface area contributed by atoms with Gasteiger partial charge in [0.1, 0.15) is 0 Å². The fourth-order valence-corrected chi connectivity index (χ4v) is 3.85. The lowest BCUT2D eigenvalue weighted by Gasteiger charge is -2.22. The van der Waals surface area contributed by atoms with Crippen LogP contribution in [0.2, 0.25) is 0 Å². The highest BCUT2D eigenvalue weighted by Gasteiger charge is 2.21. The number of rotatable bonds is 5. The van der Waals surface area contributed by atoms with E-state index in [0.29, 0.717) is 11.5 Å². The summed E-state index contributed by atoms with van der Waals surface area (Å²) < 4.78 is 0. The summed E-state index contributed by atoms with van der Waals surface area (Å²) in [7, 11) is 0. The van der Waals surface area contributed by atoms with Crippen molar-refractivity contribution in [3.8, 4) is 0 Å². The summed E-state index contributed by atoms with van der Waals surface area (Å²) in [4.78, 5) is 13.7. The lowest BCUT2D eigenvalue weighted by atomic mass is 9.98. The fourth-order valence-electron chi connectivity index (χ4n) is 3.59. The molecule has 0 aliphatic carbocycles. The van der Waals surface area contributed by atoms with Crippen LogP contribution in [0.3, 0.4) is 0 Å². The molecule has 1 heterocycles. The molecule has 1 amide bonds. The number of anilines is 2. The molecule has 1 aliphatic heterocycles. The van der Waals surface area contributed by atoms with Gasteiger partial charge in [0.05, 0.1) is 6.04 Å². The van der Waals surface area contributed by atoms with Gasteiger partial charge in [0.15, 0.2) is 5.11 Å². The first-order valence-corrected chi connectivity index (χ1v) is 9.94. The van der Waals surface area contributed by atoms with E-state index < -0.39 is 0 Å². The highest BCUT2D eigenvalue weighted by atomic mass is 32.1. The second-order valence-corrected chi connectivity index (χ2v) is 7.52. The molecule has 2 aromatic rings. The summed E-state index contributed by atoms with van der Waals surface area (Å²) in [6.07, 6.45) is 2.52. The summed E-state index contributed by atoms with van der Waals surface area (Å²) in [5.74, 6) is 0.201. The van der Waals surface area contributed by atoms with E-state index in [2.05, 4.69) is 49.6 Å². The standard InChI is InChI=1S/C22H27N3OS/c1-4-20(19-12-7-15(2)14-16(19)3)24-22(27)23-17-8-10-18(11-9-17)25-13-5-6-21(25)26/h7-12,14,20H,4-6,13H2,1-3H3,(H2,23,24,27)/t20-/m1/s1. The van der Waals surface area contributed by atoms with Gasteiger partial charge in [-0.15, -0.1) is 0 Å². The molecule has 3 rings (SSSR count). The first kappa shape index (κ1) is 19.4. The van der Waals surface area contributed by atoms with Crippen molar-refractivity contribution in [2.75, 3.05) is 16.8 Å². The maximum atomic E-state index is 11.9. The van der Waals surface area contributed by atoms with Gasteiger partial charge >= 0.3 is 0 Å². The van der Waals surface area contributed by atoms with Gasteiger partial charge in [0, 0.05) is 24.3 Å². The Morgan fingerprint density at radius 3 is 2.52 bits per heavy atom. The van der Waals surface area contributed by atoms with E-state index in [0.717, 1.165) is 30.8 Å². The van der Waals surface area contributed by atoms with Crippen molar-refractivity contribution in [2.24, 2.45) is 0 Å². The third kappa shape index (κ3) is 4.66. The van der Waals surface area contributed by atoms with Crippen LogP contribution in [-0.2, 0) is 4.79 Å². The first-order valence-electron chi connectivity index (χ1n) is 9.53. The van der Waals surface area contributed by atoms with E-state index in [-0.39, 0.29) is 11.9 Å². The Labute approximate surface area is 167 Å². The first-order chi connectivity index (χ1) is 13.0. The molecule has 2 N–H and O–H groups in total. The molecule has 1 fully saturated rings. The summed E-state index contributed by atoms with van der Waals surface area (Å²) in [5.41, 5.74) is 5.68. The van der Waals surface area contributed by atoms with Crippen LogP contribution in [0, 0.1) is 13.8 Å². The van der Waals surface area contributed by atoms with Gasteiger partial charge in [-0.25, -0.2) is 0 Å². The molecule has 5 heteroatoms. The van der Waals surface area contributed by atoms with Gasteiger partial charge in [-0.05, 0) is 74.3 Å². The lowest BCUT2D eigenvalue weighted by molar-refractivity contribution is -0.117. The Morgan fingerprint density at radius 2 is 1.93 bits per heavy atom. The summed E-state index contributed by atoms with van der Waals surface area (Å²) in [6.45, 7) is 7.21. The lowest BCUT2D eigenvalue weighted by Crippen LogP contribution is -2.32. The fraction of sp³-hybridized carbons (Fsp3) is 0.364. The number of aryl methyl sites for hydroxylation is 2. The number of thiocarbonyl (C=S) groups is 1. The molecule has 1 saturated heterocycles. The van der Waals surface area contributed by atoms with E-state index in [4.69, 9.17) is 12.2 Å². The Hall–Kier alpha value is -2.40.